The van der Waals surface area contributed by atoms with E-state index in [9.17, 15) is 8.78 Å². The van der Waals surface area contributed by atoms with Crippen molar-refractivity contribution in [3.05, 3.63) is 30.1 Å². The molecule has 0 saturated carbocycles. The lowest BCUT2D eigenvalue weighted by molar-refractivity contribution is 0.510. The molecule has 0 aliphatic carbocycles. The van der Waals surface area contributed by atoms with E-state index in [-0.39, 0.29) is 0 Å². The lowest BCUT2D eigenvalue weighted by Gasteiger charge is -2.28. The van der Waals surface area contributed by atoms with Gasteiger partial charge < -0.3 is 10.2 Å². The molecule has 0 spiro atoms. The third kappa shape index (κ3) is 1.90. The molecule has 1 aliphatic rings. The number of nitrogens with zero attached hydrogens (tertiary/aromatic N) is 5. The Balaban J connectivity index is 2.00. The van der Waals surface area contributed by atoms with Crippen molar-refractivity contribution in [2.75, 3.05) is 31.1 Å². The first-order valence-corrected chi connectivity index (χ1v) is 6.68. The molecular weight excluding hydrogens is 278 g/mol. The van der Waals surface area contributed by atoms with E-state index in [1.165, 1.54) is 6.33 Å². The number of piperazine rings is 1. The van der Waals surface area contributed by atoms with Crippen LogP contribution in [0.4, 0.5) is 14.6 Å². The molecule has 21 heavy (non-hydrogen) atoms. The van der Waals surface area contributed by atoms with Crippen LogP contribution < -0.4 is 10.2 Å². The van der Waals surface area contributed by atoms with Crippen LogP contribution in [0, 0.1) is 11.6 Å². The molecule has 8 heteroatoms. The van der Waals surface area contributed by atoms with E-state index >= 15 is 0 Å². The molecule has 4 rings (SSSR count). The van der Waals surface area contributed by atoms with Gasteiger partial charge in [-0.25, -0.2) is 13.8 Å². The molecule has 0 unspecified atom stereocenters. The van der Waals surface area contributed by atoms with Gasteiger partial charge in [0.05, 0.1) is 11.0 Å². The average Bonchev–Trinajstić information content (AvgIpc) is 2.99. The Morgan fingerprint density at radius 3 is 2.67 bits per heavy atom. The predicted octanol–water partition coefficient (Wildman–Crippen LogP) is 0.965. The normalized spacial score (nSPS) is 16.0. The summed E-state index contributed by atoms with van der Waals surface area (Å²) in [6.07, 6.45) is 1.49. The summed E-state index contributed by atoms with van der Waals surface area (Å²) in [5.41, 5.74) is 1.39. The molecule has 1 fully saturated rings. The van der Waals surface area contributed by atoms with Crippen molar-refractivity contribution in [2.24, 2.45) is 0 Å². The van der Waals surface area contributed by atoms with Gasteiger partial charge in [-0.1, -0.05) is 0 Å². The summed E-state index contributed by atoms with van der Waals surface area (Å²) in [6.45, 7) is 3.25. The Morgan fingerprint density at radius 1 is 1.10 bits per heavy atom. The van der Waals surface area contributed by atoms with Crippen LogP contribution >= 0.6 is 0 Å². The van der Waals surface area contributed by atoms with Gasteiger partial charge in [0.1, 0.15) is 6.33 Å². The van der Waals surface area contributed by atoms with Gasteiger partial charge in [-0.05, 0) is 0 Å². The SMILES string of the molecule is Fc1cc2nc(N3CCNCC3)c3nncn3c2cc1F. The Hall–Kier alpha value is -2.35. The van der Waals surface area contributed by atoms with Crippen molar-refractivity contribution in [2.45, 2.75) is 0 Å². The Kier molecular flexibility index (Phi) is 2.71. The second-order valence-electron chi connectivity index (χ2n) is 4.95. The molecular formula is C13H12F2N6. The molecule has 6 nitrogen and oxygen atoms in total. The zero-order chi connectivity index (χ0) is 14.4. The zero-order valence-corrected chi connectivity index (χ0v) is 11.1. The molecule has 0 atom stereocenters. The first-order valence-electron chi connectivity index (χ1n) is 6.68. The molecule has 1 saturated heterocycles. The first-order chi connectivity index (χ1) is 10.2. The number of aromatic nitrogens is 4. The van der Waals surface area contributed by atoms with E-state index in [0.717, 1.165) is 38.3 Å². The molecule has 1 aromatic carbocycles. The molecule has 0 bridgehead atoms. The third-order valence-corrected chi connectivity index (χ3v) is 3.67. The van der Waals surface area contributed by atoms with Crippen molar-refractivity contribution in [3.8, 4) is 0 Å². The number of benzene rings is 1. The molecule has 3 heterocycles. The largest absolute Gasteiger partial charge is 0.351 e. The van der Waals surface area contributed by atoms with Gasteiger partial charge in [0.25, 0.3) is 0 Å². The van der Waals surface area contributed by atoms with Crippen molar-refractivity contribution in [1.29, 1.82) is 0 Å². The third-order valence-electron chi connectivity index (χ3n) is 3.67. The number of hydrogen-bond donors (Lipinski definition) is 1. The highest BCUT2D eigenvalue weighted by Crippen LogP contribution is 2.25. The van der Waals surface area contributed by atoms with Crippen molar-refractivity contribution in [1.82, 2.24) is 24.9 Å². The highest BCUT2D eigenvalue weighted by Gasteiger charge is 2.19. The van der Waals surface area contributed by atoms with Gasteiger partial charge in [0, 0.05) is 38.3 Å². The van der Waals surface area contributed by atoms with E-state index < -0.39 is 11.6 Å². The zero-order valence-electron chi connectivity index (χ0n) is 11.1. The summed E-state index contributed by atoms with van der Waals surface area (Å²) >= 11 is 0. The summed E-state index contributed by atoms with van der Waals surface area (Å²) in [4.78, 5) is 6.54. The Labute approximate surface area is 118 Å². The number of rotatable bonds is 1. The summed E-state index contributed by atoms with van der Waals surface area (Å²) < 4.78 is 28.6. The molecule has 2 aromatic heterocycles. The second-order valence-corrected chi connectivity index (χ2v) is 4.95. The highest BCUT2D eigenvalue weighted by atomic mass is 19.2. The lowest BCUT2D eigenvalue weighted by atomic mass is 10.2. The van der Waals surface area contributed by atoms with E-state index in [1.807, 2.05) is 0 Å². The fraction of sp³-hybridized carbons (Fsp3) is 0.308. The van der Waals surface area contributed by atoms with Gasteiger partial charge in [0.15, 0.2) is 17.5 Å². The van der Waals surface area contributed by atoms with Crippen LogP contribution in [-0.2, 0) is 0 Å². The van der Waals surface area contributed by atoms with Crippen LogP contribution in [0.25, 0.3) is 16.7 Å². The molecule has 0 amide bonds. The topological polar surface area (TPSA) is 58.4 Å². The van der Waals surface area contributed by atoms with Gasteiger partial charge in [-0.2, -0.15) is 0 Å². The standard InChI is InChI=1S/C13H12F2N6/c14-8-5-10-11(6-9(8)15)21-7-17-19-13(21)12(18-10)20-3-1-16-2-4-20/h5-7,16H,1-4H2. The number of halogens is 2. The Bertz CT molecular complexity index is 824. The van der Waals surface area contributed by atoms with E-state index in [1.54, 1.807) is 4.40 Å². The average molecular weight is 290 g/mol. The number of nitrogens with one attached hydrogen (secondary N) is 1. The minimum Gasteiger partial charge on any atom is -0.351 e. The fourth-order valence-corrected chi connectivity index (χ4v) is 2.62. The summed E-state index contributed by atoms with van der Waals surface area (Å²) in [5.74, 6) is -1.17. The second kappa shape index (κ2) is 4.59. The van der Waals surface area contributed by atoms with Gasteiger partial charge in [-0.3, -0.25) is 4.40 Å². The van der Waals surface area contributed by atoms with Gasteiger partial charge in [0.2, 0.25) is 5.65 Å². The van der Waals surface area contributed by atoms with Crippen LogP contribution in [0.3, 0.4) is 0 Å². The van der Waals surface area contributed by atoms with Crippen molar-refractivity contribution < 1.29 is 8.78 Å². The fourth-order valence-electron chi connectivity index (χ4n) is 2.62. The maximum Gasteiger partial charge on any atom is 0.204 e. The quantitative estimate of drug-likeness (QED) is 0.723. The van der Waals surface area contributed by atoms with Crippen molar-refractivity contribution in [3.63, 3.8) is 0 Å². The number of anilines is 1. The number of hydrogen-bond acceptors (Lipinski definition) is 5. The minimum absolute atomic E-state index is 0.384. The molecule has 0 radical (unpaired) electrons. The van der Waals surface area contributed by atoms with Crippen LogP contribution in [0.5, 0.6) is 0 Å². The van der Waals surface area contributed by atoms with E-state index in [0.29, 0.717) is 22.5 Å². The first kappa shape index (κ1) is 12.4. The minimum atomic E-state index is -0.909. The maximum atomic E-state index is 13.5. The summed E-state index contributed by atoms with van der Waals surface area (Å²) in [5, 5.41) is 11.2. The monoisotopic (exact) mass is 290 g/mol. The van der Waals surface area contributed by atoms with Crippen LogP contribution in [0.2, 0.25) is 0 Å². The molecule has 1 N–H and O–H groups in total. The summed E-state index contributed by atoms with van der Waals surface area (Å²) in [6, 6.07) is 2.23. The highest BCUT2D eigenvalue weighted by molar-refractivity contribution is 5.83. The lowest BCUT2D eigenvalue weighted by Crippen LogP contribution is -2.44. The summed E-state index contributed by atoms with van der Waals surface area (Å²) in [7, 11) is 0. The Morgan fingerprint density at radius 2 is 1.86 bits per heavy atom. The number of fused-ring (bicyclic) bond motifs is 3. The predicted molar refractivity (Wildman–Crippen MR) is 73.3 cm³/mol. The molecule has 1 aliphatic heterocycles. The van der Waals surface area contributed by atoms with Gasteiger partial charge in [-0.15, -0.1) is 10.2 Å². The van der Waals surface area contributed by atoms with E-state index in [4.69, 9.17) is 0 Å². The van der Waals surface area contributed by atoms with Crippen LogP contribution in [-0.4, -0.2) is 45.8 Å². The maximum absolute atomic E-state index is 13.5. The van der Waals surface area contributed by atoms with Crippen LogP contribution in [0.1, 0.15) is 0 Å². The van der Waals surface area contributed by atoms with E-state index in [2.05, 4.69) is 25.4 Å². The van der Waals surface area contributed by atoms with Crippen molar-refractivity contribution >= 4 is 22.5 Å². The molecule has 108 valence electrons. The van der Waals surface area contributed by atoms with Crippen LogP contribution in [0.15, 0.2) is 18.5 Å². The molecule has 3 aromatic rings. The van der Waals surface area contributed by atoms with Gasteiger partial charge >= 0.3 is 0 Å². The smallest absolute Gasteiger partial charge is 0.204 e.